The highest BCUT2D eigenvalue weighted by molar-refractivity contribution is 7.81. The van der Waals surface area contributed by atoms with E-state index in [1.807, 2.05) is 0 Å². The van der Waals surface area contributed by atoms with Gasteiger partial charge in [0.15, 0.2) is 6.29 Å². The zero-order valence-electron chi connectivity index (χ0n) is 48.5. The lowest BCUT2D eigenvalue weighted by atomic mass is 9.86. The molecule has 30 atom stereocenters. The maximum Gasteiger partial charge on any atom is 0.397 e. The molecule has 0 bridgehead atoms. The van der Waals surface area contributed by atoms with Gasteiger partial charge in [0.05, 0.1) is 110 Å². The summed E-state index contributed by atoms with van der Waals surface area (Å²) >= 11 is 0. The third kappa shape index (κ3) is 22.4. The van der Waals surface area contributed by atoms with Crippen LogP contribution in [0.1, 0.15) is 13.8 Å². The van der Waals surface area contributed by atoms with Crippen molar-refractivity contribution in [3.63, 3.8) is 0 Å². The Kier molecular flexibility index (Phi) is 29.1. The largest absolute Gasteiger partial charge is 0.397 e. The minimum absolute atomic E-state index is 0.581. The summed E-state index contributed by atoms with van der Waals surface area (Å²) in [5, 5.41) is 139. The van der Waals surface area contributed by atoms with E-state index in [1.54, 1.807) is 0 Å². The van der Waals surface area contributed by atoms with E-state index in [9.17, 15) is 122 Å². The molecule has 0 radical (unpaired) electrons. The van der Waals surface area contributed by atoms with Crippen molar-refractivity contribution in [3.8, 4) is 0 Å². The van der Waals surface area contributed by atoms with Crippen LogP contribution in [-0.4, -0.2) is 376 Å². The van der Waals surface area contributed by atoms with Crippen molar-refractivity contribution < 1.29 is 204 Å². The van der Waals surface area contributed by atoms with Crippen molar-refractivity contribution in [3.05, 3.63) is 0 Å². The molecule has 0 saturated carbocycles. The average Bonchev–Trinajstić information content (AvgIpc) is 0.979. The lowest BCUT2D eigenvalue weighted by molar-refractivity contribution is -0.283. The summed E-state index contributed by atoms with van der Waals surface area (Å²) in [6.07, 6.45) is -49.7. The van der Waals surface area contributed by atoms with Crippen molar-refractivity contribution in [2.24, 2.45) is 17.8 Å². The van der Waals surface area contributed by atoms with Crippen LogP contribution in [0.3, 0.4) is 0 Å². The van der Waals surface area contributed by atoms with E-state index in [1.165, 1.54) is 13.8 Å². The Morgan fingerprint density at radius 2 is 0.527 bits per heavy atom. The molecule has 6 saturated heterocycles. The maximum absolute atomic E-state index is 12.1. The van der Waals surface area contributed by atoms with Crippen LogP contribution in [0, 0.1) is 17.8 Å². The number of aliphatic hydroxyl groups excluding tert-OH is 13. The van der Waals surface area contributed by atoms with Crippen LogP contribution < -0.4 is 0 Å². The van der Waals surface area contributed by atoms with Gasteiger partial charge in [0, 0.05) is 17.8 Å². The van der Waals surface area contributed by atoms with Crippen molar-refractivity contribution in [2.45, 2.75) is 179 Å². The molecule has 0 aromatic carbocycles. The fourth-order valence-electron chi connectivity index (χ4n) is 11.2. The molecular formula is C44H78O44S5. The van der Waals surface area contributed by atoms with Crippen LogP contribution in [-0.2, 0) is 125 Å². The van der Waals surface area contributed by atoms with Gasteiger partial charge in [0.25, 0.3) is 0 Å². The number of rotatable bonds is 32. The van der Waals surface area contributed by atoms with Gasteiger partial charge in [-0.3, -0.25) is 22.8 Å². The Morgan fingerprint density at radius 3 is 0.925 bits per heavy atom. The molecule has 6 fully saturated rings. The minimum Gasteiger partial charge on any atom is -0.394 e. The molecule has 0 aliphatic carbocycles. The van der Waals surface area contributed by atoms with E-state index in [2.05, 4.69) is 16.7 Å². The third-order valence-electron chi connectivity index (χ3n) is 15.9. The standard InChI is InChI=1S/C44H78O44S5/c1-15-17(5-73-11-25-34(52)41(86-91(64,65)66)29(47)16(2)79-25)39(84-89(58,59)60)33(51)24(78-15)10-75-7-19-30(48)20(3-45)80-23(31(19)49)9-74-6-18-22(83-44(57)38(56)40(18)85-90(61,62)63)8-76-13-27-36(54)43(88-93(70,71)72)37(55)28(82-27)14-77-12-26-35(53)42(87-92(67,68)69)32(50)21(4-46)81-26/h15-57H,3-14H2,1-2H3,(H,58,59,60)(H,61,62,63)(H,64,65,66)(H,67,68,69)(H,70,71,72)/t15?,16?,17-,18-,19-,20?,21?,22?,23-,24-,25-,26-,27-,28?,29-,30+,31?,32-,33?,34?,35?,36?,37-,38?,39-,40-,41-,42-,43+,44?/m0/s1. The van der Waals surface area contributed by atoms with E-state index >= 15 is 0 Å². The zero-order chi connectivity index (χ0) is 69.6. The highest BCUT2D eigenvalue weighted by Crippen LogP contribution is 2.36. The number of hydrogen-bond donors (Lipinski definition) is 18. The Bertz CT molecular complexity index is 2920. The van der Waals surface area contributed by atoms with Crippen LogP contribution in [0.4, 0.5) is 0 Å². The Hall–Kier alpha value is -1.61. The van der Waals surface area contributed by atoms with Crippen LogP contribution in [0.2, 0.25) is 0 Å². The highest BCUT2D eigenvalue weighted by Gasteiger charge is 2.54. The molecule has 6 aliphatic heterocycles. The molecule has 6 heterocycles. The van der Waals surface area contributed by atoms with Gasteiger partial charge in [-0.25, -0.2) is 20.9 Å². The van der Waals surface area contributed by atoms with Gasteiger partial charge in [-0.2, -0.15) is 42.1 Å². The van der Waals surface area contributed by atoms with Gasteiger partial charge < -0.3 is 118 Å². The lowest BCUT2D eigenvalue weighted by Crippen LogP contribution is -2.62. The molecule has 49 heteroatoms. The second-order valence-electron chi connectivity index (χ2n) is 22.4. The van der Waals surface area contributed by atoms with E-state index in [4.69, 9.17) is 65.4 Å². The molecule has 44 nitrogen and oxygen atoms in total. The molecule has 13 unspecified atom stereocenters. The van der Waals surface area contributed by atoms with Crippen LogP contribution >= 0.6 is 0 Å². The molecule has 0 spiro atoms. The molecule has 18 N–H and O–H groups in total. The van der Waals surface area contributed by atoms with Crippen LogP contribution in [0.15, 0.2) is 0 Å². The molecule has 548 valence electrons. The SMILES string of the molecule is CC1O[C@@H](COC[C@H]2C(C)O[C@@H](COC[C@@H]3C(O)[C@H](COC[C@H]4C(COC[C@@H]5OC(COC[C@@H]6OC(CO)[C@H](O)[C@H](OS(=O)(=O)O)C6O)[C@H](O)[C@H](OS(=O)(=O)O)C5O)OC(O)C(O)[C@H]4OS(=O)(=O)O)OC(CO)[C@@H]3O)C(O)[C@H]2OS(=O)(=O)O)C(O)[C@@H](OS(=O)(=O)O)[C@H]1O. The Labute approximate surface area is 530 Å². The molecule has 0 aromatic rings. The fourth-order valence-corrected chi connectivity index (χ4v) is 13.8. The summed E-state index contributed by atoms with van der Waals surface area (Å²) < 4.78 is 249. The summed E-state index contributed by atoms with van der Waals surface area (Å²) in [5.41, 5.74) is 0. The molecular weight excluding hydrogens is 1390 g/mol. The van der Waals surface area contributed by atoms with Gasteiger partial charge in [0.2, 0.25) is 0 Å². The first-order valence-electron chi connectivity index (χ1n) is 27.8. The summed E-state index contributed by atoms with van der Waals surface area (Å²) in [5.74, 6) is -4.36. The van der Waals surface area contributed by atoms with E-state index in [-0.39, 0.29) is 0 Å². The van der Waals surface area contributed by atoms with Gasteiger partial charge >= 0.3 is 52.0 Å². The second-order valence-corrected chi connectivity index (χ2v) is 27.6. The third-order valence-corrected chi connectivity index (χ3v) is 18.2. The summed E-state index contributed by atoms with van der Waals surface area (Å²) in [6.45, 7) is -6.86. The van der Waals surface area contributed by atoms with Gasteiger partial charge in [0.1, 0.15) is 128 Å². The second kappa shape index (κ2) is 33.7. The van der Waals surface area contributed by atoms with E-state index in [0.717, 1.165) is 0 Å². The lowest BCUT2D eigenvalue weighted by Gasteiger charge is -2.44. The number of hydrogen-bond acceptors (Lipinski definition) is 39. The van der Waals surface area contributed by atoms with Crippen molar-refractivity contribution >= 4 is 52.0 Å². The molecule has 0 aromatic heterocycles. The first-order valence-corrected chi connectivity index (χ1v) is 34.7. The normalized spacial score (nSPS) is 42.7. The average molecular weight is 1470 g/mol. The van der Waals surface area contributed by atoms with E-state index < -0.39 is 314 Å². The summed E-state index contributed by atoms with van der Waals surface area (Å²) in [7, 11) is -26.9. The van der Waals surface area contributed by atoms with Crippen LogP contribution in [0.25, 0.3) is 0 Å². The molecule has 93 heavy (non-hydrogen) atoms. The predicted molar refractivity (Wildman–Crippen MR) is 286 cm³/mol. The molecule has 0 amide bonds. The Morgan fingerprint density at radius 1 is 0.269 bits per heavy atom. The number of ether oxygens (including phenoxy) is 11. The monoisotopic (exact) mass is 1470 g/mol. The van der Waals surface area contributed by atoms with Gasteiger partial charge in [-0.05, 0) is 13.8 Å². The van der Waals surface area contributed by atoms with Crippen molar-refractivity contribution in [2.75, 3.05) is 79.3 Å². The van der Waals surface area contributed by atoms with Crippen molar-refractivity contribution in [1.29, 1.82) is 0 Å². The Balaban J connectivity index is 1.08. The topological polar surface area (TPSA) is 683 Å². The van der Waals surface area contributed by atoms with Crippen molar-refractivity contribution in [1.82, 2.24) is 0 Å². The maximum atomic E-state index is 12.1. The minimum atomic E-state index is -5.51. The van der Waals surface area contributed by atoms with Crippen LogP contribution in [0.5, 0.6) is 0 Å². The van der Waals surface area contributed by atoms with Gasteiger partial charge in [-0.15, -0.1) is 0 Å². The highest BCUT2D eigenvalue weighted by atomic mass is 32.3. The zero-order valence-corrected chi connectivity index (χ0v) is 52.6. The quantitative estimate of drug-likeness (QED) is 0.0278. The number of aliphatic hydroxyl groups is 13. The predicted octanol–water partition coefficient (Wildman–Crippen LogP) is -12.0. The smallest absolute Gasteiger partial charge is 0.394 e. The van der Waals surface area contributed by atoms with Gasteiger partial charge in [-0.1, -0.05) is 0 Å². The first-order chi connectivity index (χ1) is 43.0. The fraction of sp³-hybridized carbons (Fsp3) is 1.00. The molecule has 6 rings (SSSR count). The summed E-state index contributed by atoms with van der Waals surface area (Å²) in [6, 6.07) is 0. The summed E-state index contributed by atoms with van der Waals surface area (Å²) in [4.78, 5) is 0. The molecule has 6 aliphatic rings. The first kappa shape index (κ1) is 80.4. The van der Waals surface area contributed by atoms with E-state index in [0.29, 0.717) is 0 Å².